The van der Waals surface area contributed by atoms with Gasteiger partial charge in [-0.2, -0.15) is 0 Å². The number of nitrogens with one attached hydrogen (secondary N) is 1. The molecular formula is C28H22BrNO4. The van der Waals surface area contributed by atoms with E-state index in [9.17, 15) is 9.59 Å². The number of esters is 1. The molecule has 1 N–H and O–H groups in total. The minimum atomic E-state index is -0.646. The van der Waals surface area contributed by atoms with Crippen LogP contribution >= 0.6 is 15.9 Å². The van der Waals surface area contributed by atoms with Crippen LogP contribution in [0.4, 0.5) is 0 Å². The van der Waals surface area contributed by atoms with Crippen molar-refractivity contribution in [2.45, 2.75) is 19.4 Å². The van der Waals surface area contributed by atoms with Crippen molar-refractivity contribution >= 4 is 33.4 Å². The Morgan fingerprint density at radius 2 is 1.71 bits per heavy atom. The zero-order valence-corrected chi connectivity index (χ0v) is 20.3. The minimum absolute atomic E-state index is 0.106. The molecule has 1 aliphatic carbocycles. The van der Waals surface area contributed by atoms with Crippen molar-refractivity contribution in [3.05, 3.63) is 116 Å². The van der Waals surface area contributed by atoms with E-state index in [1.165, 1.54) is 7.11 Å². The van der Waals surface area contributed by atoms with Gasteiger partial charge in [-0.05, 0) is 30.7 Å². The van der Waals surface area contributed by atoms with Crippen molar-refractivity contribution in [3.63, 3.8) is 0 Å². The largest absolute Gasteiger partial charge is 0.489 e. The van der Waals surface area contributed by atoms with E-state index >= 15 is 0 Å². The van der Waals surface area contributed by atoms with Crippen LogP contribution in [0.1, 0.15) is 39.9 Å². The quantitative estimate of drug-likeness (QED) is 0.437. The van der Waals surface area contributed by atoms with Gasteiger partial charge in [-0.15, -0.1) is 0 Å². The molecule has 0 spiro atoms. The number of Topliss-reactive ketones (excluding diaryl/α,β-unsaturated/α-hetero) is 1. The molecule has 0 aromatic heterocycles. The summed E-state index contributed by atoms with van der Waals surface area (Å²) in [5.74, 6) is -0.638. The van der Waals surface area contributed by atoms with E-state index in [4.69, 9.17) is 9.47 Å². The molecule has 34 heavy (non-hydrogen) atoms. The number of carbonyl (C=O) groups excluding carboxylic acids is 2. The molecule has 3 aromatic carbocycles. The summed E-state index contributed by atoms with van der Waals surface area (Å²) in [7, 11) is 1.35. The van der Waals surface area contributed by atoms with Crippen LogP contribution < -0.4 is 10.1 Å². The molecule has 3 aromatic rings. The lowest BCUT2D eigenvalue weighted by Gasteiger charge is -2.30. The van der Waals surface area contributed by atoms with Crippen molar-refractivity contribution < 1.29 is 19.1 Å². The lowest BCUT2D eigenvalue weighted by molar-refractivity contribution is -0.136. The molecule has 6 heteroatoms. The predicted molar refractivity (Wildman–Crippen MR) is 133 cm³/mol. The molecule has 170 valence electrons. The molecule has 1 unspecified atom stereocenters. The van der Waals surface area contributed by atoms with Gasteiger partial charge >= 0.3 is 5.97 Å². The lowest BCUT2D eigenvalue weighted by atomic mass is 9.79. The molecule has 0 saturated carbocycles. The molecule has 0 radical (unpaired) electrons. The minimum Gasteiger partial charge on any atom is -0.489 e. The van der Waals surface area contributed by atoms with E-state index < -0.39 is 11.9 Å². The number of carbonyl (C=O) groups is 2. The third kappa shape index (κ3) is 3.74. The summed E-state index contributed by atoms with van der Waals surface area (Å²) in [6, 6.07) is 23.0. The summed E-state index contributed by atoms with van der Waals surface area (Å²) >= 11 is 3.56. The van der Waals surface area contributed by atoms with E-state index in [1.54, 1.807) is 0 Å². The van der Waals surface area contributed by atoms with Crippen LogP contribution in [-0.2, 0) is 16.1 Å². The summed E-state index contributed by atoms with van der Waals surface area (Å²) in [4.78, 5) is 26.6. The fourth-order valence-corrected chi connectivity index (χ4v) is 5.01. The number of ether oxygens (including phenoxy) is 2. The SMILES string of the molecule is COC(=O)C1=C(C)NC2=C(C(=O)c3ccccc32)C1c1cc(Br)ccc1OCc1ccccc1. The fourth-order valence-electron chi connectivity index (χ4n) is 4.63. The van der Waals surface area contributed by atoms with Crippen LogP contribution in [0.3, 0.4) is 0 Å². The molecule has 2 aliphatic rings. The van der Waals surface area contributed by atoms with E-state index in [2.05, 4.69) is 21.2 Å². The van der Waals surface area contributed by atoms with E-state index in [0.29, 0.717) is 34.8 Å². The Morgan fingerprint density at radius 3 is 2.44 bits per heavy atom. The molecule has 1 heterocycles. The highest BCUT2D eigenvalue weighted by Crippen LogP contribution is 2.49. The molecular weight excluding hydrogens is 494 g/mol. The maximum absolute atomic E-state index is 13.6. The topological polar surface area (TPSA) is 64.6 Å². The van der Waals surface area contributed by atoms with Crippen LogP contribution in [0.5, 0.6) is 5.75 Å². The number of hydrogen-bond acceptors (Lipinski definition) is 5. The second-order valence-corrected chi connectivity index (χ2v) is 9.12. The van der Waals surface area contributed by atoms with Crippen molar-refractivity contribution in [2.24, 2.45) is 0 Å². The molecule has 1 atom stereocenters. The highest BCUT2D eigenvalue weighted by molar-refractivity contribution is 9.10. The average Bonchev–Trinajstić information content (AvgIpc) is 3.14. The average molecular weight is 516 g/mol. The number of halogens is 1. The second kappa shape index (κ2) is 8.95. The van der Waals surface area contributed by atoms with Crippen LogP contribution in [-0.4, -0.2) is 18.9 Å². The van der Waals surface area contributed by atoms with Crippen LogP contribution in [0.2, 0.25) is 0 Å². The van der Waals surface area contributed by atoms with Crippen LogP contribution in [0.15, 0.2) is 94.1 Å². The molecule has 5 rings (SSSR count). The van der Waals surface area contributed by atoms with Gasteiger partial charge in [0.25, 0.3) is 0 Å². The summed E-state index contributed by atoms with van der Waals surface area (Å²) in [5, 5.41) is 3.31. The first-order valence-electron chi connectivity index (χ1n) is 10.9. The zero-order valence-electron chi connectivity index (χ0n) is 18.7. The molecule has 5 nitrogen and oxygen atoms in total. The van der Waals surface area contributed by atoms with Crippen molar-refractivity contribution in [1.82, 2.24) is 5.32 Å². The summed E-state index contributed by atoms with van der Waals surface area (Å²) < 4.78 is 12.2. The number of rotatable bonds is 5. The van der Waals surface area contributed by atoms with E-state index in [1.807, 2.05) is 79.7 Å². The number of dihydropyridines is 1. The monoisotopic (exact) mass is 515 g/mol. The van der Waals surface area contributed by atoms with Gasteiger partial charge in [0.15, 0.2) is 5.78 Å². The molecule has 1 aliphatic heterocycles. The second-order valence-electron chi connectivity index (χ2n) is 8.21. The summed E-state index contributed by atoms with van der Waals surface area (Å²) in [6.45, 7) is 2.19. The van der Waals surface area contributed by atoms with Gasteiger partial charge in [-0.25, -0.2) is 4.79 Å². The Hall–Kier alpha value is -3.64. The number of ketones is 1. The van der Waals surface area contributed by atoms with Gasteiger partial charge < -0.3 is 14.8 Å². The molecule has 0 fully saturated rings. The maximum Gasteiger partial charge on any atom is 0.336 e. The Balaban J connectivity index is 1.67. The van der Waals surface area contributed by atoms with Gasteiger partial charge in [-0.1, -0.05) is 70.5 Å². The van der Waals surface area contributed by atoms with Crippen molar-refractivity contribution in [2.75, 3.05) is 7.11 Å². The van der Waals surface area contributed by atoms with Crippen LogP contribution in [0, 0.1) is 0 Å². The van der Waals surface area contributed by atoms with E-state index in [-0.39, 0.29) is 5.78 Å². The van der Waals surface area contributed by atoms with Gasteiger partial charge in [-0.3, -0.25) is 4.79 Å². The third-order valence-corrected chi connectivity index (χ3v) is 6.67. The van der Waals surface area contributed by atoms with Gasteiger partial charge in [0.05, 0.1) is 24.3 Å². The molecule has 0 saturated heterocycles. The number of hydrogen-bond donors (Lipinski definition) is 1. The number of methoxy groups -OCH3 is 1. The van der Waals surface area contributed by atoms with Gasteiger partial charge in [0, 0.05) is 32.4 Å². The lowest BCUT2D eigenvalue weighted by Crippen LogP contribution is -2.29. The standard InChI is InChI=1S/C28H22BrNO4/c1-16-23(28(32)33-2)24(25-26(30-16)19-10-6-7-11-20(19)27(25)31)21-14-18(29)12-13-22(21)34-15-17-8-4-3-5-9-17/h3-14,24,30H,15H2,1-2H3. The number of benzene rings is 3. The first-order chi connectivity index (χ1) is 16.5. The summed E-state index contributed by atoms with van der Waals surface area (Å²) in [5.41, 5.74) is 5.48. The number of fused-ring (bicyclic) bond motifs is 2. The fraction of sp³-hybridized carbons (Fsp3) is 0.143. The Bertz CT molecular complexity index is 1370. The highest BCUT2D eigenvalue weighted by atomic mass is 79.9. The smallest absolute Gasteiger partial charge is 0.336 e. The van der Waals surface area contributed by atoms with Crippen LogP contribution in [0.25, 0.3) is 5.70 Å². The summed E-state index contributed by atoms with van der Waals surface area (Å²) in [6.07, 6.45) is 0. The van der Waals surface area contributed by atoms with E-state index in [0.717, 1.165) is 26.9 Å². The van der Waals surface area contributed by atoms with Crippen molar-refractivity contribution in [3.8, 4) is 5.75 Å². The number of allylic oxidation sites excluding steroid dienone is 2. The van der Waals surface area contributed by atoms with Gasteiger partial charge in [0.1, 0.15) is 12.4 Å². The molecule has 0 amide bonds. The first kappa shape index (κ1) is 22.2. The zero-order chi connectivity index (χ0) is 23.8. The first-order valence-corrected chi connectivity index (χ1v) is 11.7. The Kier molecular flexibility index (Phi) is 5.84. The highest BCUT2D eigenvalue weighted by Gasteiger charge is 2.43. The van der Waals surface area contributed by atoms with Crippen molar-refractivity contribution in [1.29, 1.82) is 0 Å². The predicted octanol–water partition coefficient (Wildman–Crippen LogP) is 5.77. The van der Waals surface area contributed by atoms with Gasteiger partial charge in [0.2, 0.25) is 0 Å². The molecule has 0 bridgehead atoms. The normalized spacial score (nSPS) is 16.7. The maximum atomic E-state index is 13.6. The third-order valence-electron chi connectivity index (χ3n) is 6.17. The Labute approximate surface area is 206 Å². The Morgan fingerprint density at radius 1 is 1.00 bits per heavy atom.